The molecule has 2 atom stereocenters. The Morgan fingerprint density at radius 1 is 1.16 bits per heavy atom. The molecule has 32 heavy (non-hydrogen) atoms. The molecule has 0 saturated heterocycles. The molecule has 2 unspecified atom stereocenters. The predicted molar refractivity (Wildman–Crippen MR) is 126 cm³/mol. The van der Waals surface area contributed by atoms with Crippen molar-refractivity contribution in [2.75, 3.05) is 23.5 Å². The highest BCUT2D eigenvalue weighted by atomic mass is 32.2. The lowest BCUT2D eigenvalue weighted by molar-refractivity contribution is -0.149. The Morgan fingerprint density at radius 2 is 1.84 bits per heavy atom. The molecule has 3 rings (SSSR count). The Hall–Kier alpha value is -2.36. The fraction of sp³-hybridized carbons (Fsp3) is 0.391. The van der Waals surface area contributed by atoms with Crippen LogP contribution >= 0.6 is 11.8 Å². The molecule has 0 radical (unpaired) electrons. The summed E-state index contributed by atoms with van der Waals surface area (Å²) in [5.41, 5.74) is 1.91. The summed E-state index contributed by atoms with van der Waals surface area (Å²) in [5, 5.41) is 0. The topological polar surface area (TPSA) is 92.8 Å². The third-order valence-electron chi connectivity index (χ3n) is 5.38. The van der Waals surface area contributed by atoms with Crippen LogP contribution in [0.15, 0.2) is 59.5 Å². The quantitative estimate of drug-likeness (QED) is 0.560. The molecule has 0 saturated carbocycles. The molecule has 2 aromatic rings. The number of fused-ring (bicyclic) bond motifs is 1. The number of para-hydroxylation sites is 1. The van der Waals surface area contributed by atoms with Crippen molar-refractivity contribution in [2.24, 2.45) is 0 Å². The summed E-state index contributed by atoms with van der Waals surface area (Å²) in [5.74, 6) is -0.529. The normalized spacial score (nSPS) is 16.8. The summed E-state index contributed by atoms with van der Waals surface area (Å²) in [6.45, 7) is 1.52. The average Bonchev–Trinajstić information content (AvgIpc) is 2.80. The molecule has 7 nitrogen and oxygen atoms in total. The standard InChI is InChI=1S/C23H28N2O5S2/c1-17-12-13-18-8-6-7-11-21(18)25(17)22(26)16-30-23(27)20(14-15-31-2)24-32(28,29)19-9-4-3-5-10-19/h3-11,17,20,24H,12-16H2,1-2H3. The first-order chi connectivity index (χ1) is 15.3. The number of hydrogen-bond acceptors (Lipinski definition) is 6. The number of benzene rings is 2. The molecule has 0 bridgehead atoms. The monoisotopic (exact) mass is 476 g/mol. The van der Waals surface area contributed by atoms with Gasteiger partial charge < -0.3 is 9.64 Å². The molecule has 1 heterocycles. The van der Waals surface area contributed by atoms with Gasteiger partial charge in [0.2, 0.25) is 10.0 Å². The number of thioether (sulfide) groups is 1. The van der Waals surface area contributed by atoms with Crippen molar-refractivity contribution in [3.8, 4) is 0 Å². The van der Waals surface area contributed by atoms with Crippen LogP contribution in [0, 0.1) is 0 Å². The smallest absolute Gasteiger partial charge is 0.324 e. The molecule has 1 amide bonds. The van der Waals surface area contributed by atoms with E-state index in [0.717, 1.165) is 24.1 Å². The number of rotatable bonds is 9. The fourth-order valence-electron chi connectivity index (χ4n) is 3.69. The van der Waals surface area contributed by atoms with Crippen LogP contribution < -0.4 is 9.62 Å². The van der Waals surface area contributed by atoms with E-state index >= 15 is 0 Å². The van der Waals surface area contributed by atoms with Gasteiger partial charge in [0.15, 0.2) is 6.61 Å². The number of carbonyl (C=O) groups excluding carboxylic acids is 2. The number of sulfonamides is 1. The van der Waals surface area contributed by atoms with Crippen LogP contribution in [0.25, 0.3) is 0 Å². The van der Waals surface area contributed by atoms with E-state index in [4.69, 9.17) is 4.74 Å². The molecular formula is C23H28N2O5S2. The summed E-state index contributed by atoms with van der Waals surface area (Å²) >= 11 is 1.49. The van der Waals surface area contributed by atoms with Gasteiger partial charge in [-0.25, -0.2) is 8.42 Å². The summed E-state index contributed by atoms with van der Waals surface area (Å²) in [4.78, 5) is 27.4. The van der Waals surface area contributed by atoms with Gasteiger partial charge in [-0.05, 0) is 62.0 Å². The lowest BCUT2D eigenvalue weighted by atomic mass is 9.96. The maximum atomic E-state index is 12.9. The van der Waals surface area contributed by atoms with Crippen LogP contribution in [0.3, 0.4) is 0 Å². The summed E-state index contributed by atoms with van der Waals surface area (Å²) in [6, 6.07) is 14.4. The lowest BCUT2D eigenvalue weighted by Gasteiger charge is -2.35. The molecule has 0 spiro atoms. The predicted octanol–water partition coefficient (Wildman–Crippen LogP) is 3.00. The van der Waals surface area contributed by atoms with Gasteiger partial charge in [0.05, 0.1) is 4.90 Å². The Morgan fingerprint density at radius 3 is 2.56 bits per heavy atom. The molecule has 1 aliphatic heterocycles. The number of esters is 1. The van der Waals surface area contributed by atoms with E-state index in [1.807, 2.05) is 37.4 Å². The van der Waals surface area contributed by atoms with Crippen LogP contribution in [0.4, 0.5) is 5.69 Å². The van der Waals surface area contributed by atoms with Crippen molar-refractivity contribution in [3.05, 3.63) is 60.2 Å². The molecule has 1 N–H and O–H groups in total. The highest BCUT2D eigenvalue weighted by Crippen LogP contribution is 2.30. The number of aryl methyl sites for hydroxylation is 1. The van der Waals surface area contributed by atoms with Crippen LogP contribution in [0.1, 0.15) is 25.3 Å². The van der Waals surface area contributed by atoms with Gasteiger partial charge in [-0.2, -0.15) is 16.5 Å². The number of nitrogens with zero attached hydrogens (tertiary/aromatic N) is 1. The first-order valence-electron chi connectivity index (χ1n) is 10.5. The lowest BCUT2D eigenvalue weighted by Crippen LogP contribution is -2.46. The van der Waals surface area contributed by atoms with Gasteiger partial charge in [-0.3, -0.25) is 9.59 Å². The highest BCUT2D eigenvalue weighted by Gasteiger charge is 2.31. The molecule has 2 aromatic carbocycles. The largest absolute Gasteiger partial charge is 0.454 e. The number of carbonyl (C=O) groups is 2. The van der Waals surface area contributed by atoms with Gasteiger partial charge in [0.25, 0.3) is 5.91 Å². The van der Waals surface area contributed by atoms with Gasteiger partial charge >= 0.3 is 5.97 Å². The van der Waals surface area contributed by atoms with E-state index in [-0.39, 0.29) is 23.3 Å². The van der Waals surface area contributed by atoms with Gasteiger partial charge in [-0.1, -0.05) is 36.4 Å². The third kappa shape index (κ3) is 5.90. The van der Waals surface area contributed by atoms with Gasteiger partial charge in [-0.15, -0.1) is 0 Å². The molecule has 0 aliphatic carbocycles. The second kappa shape index (κ2) is 11.0. The van der Waals surface area contributed by atoms with Crippen molar-refractivity contribution in [1.29, 1.82) is 0 Å². The summed E-state index contributed by atoms with van der Waals surface area (Å²) in [6.07, 6.45) is 3.83. The Balaban J connectivity index is 1.68. The Kier molecular flexibility index (Phi) is 8.33. The van der Waals surface area contributed by atoms with E-state index in [9.17, 15) is 18.0 Å². The summed E-state index contributed by atoms with van der Waals surface area (Å²) < 4.78 is 33.1. The van der Waals surface area contributed by atoms with Crippen molar-refractivity contribution in [2.45, 2.75) is 43.2 Å². The maximum Gasteiger partial charge on any atom is 0.324 e. The van der Waals surface area contributed by atoms with E-state index < -0.39 is 28.6 Å². The van der Waals surface area contributed by atoms with Gasteiger partial charge in [0.1, 0.15) is 6.04 Å². The molecule has 1 aliphatic rings. The molecule has 172 valence electrons. The van der Waals surface area contributed by atoms with E-state index in [1.165, 1.54) is 23.9 Å². The first-order valence-corrected chi connectivity index (χ1v) is 13.3. The fourth-order valence-corrected chi connectivity index (χ4v) is 5.40. The third-order valence-corrected chi connectivity index (χ3v) is 7.51. The second-order valence-corrected chi connectivity index (χ2v) is 10.4. The van der Waals surface area contributed by atoms with E-state index in [2.05, 4.69) is 4.72 Å². The maximum absolute atomic E-state index is 12.9. The highest BCUT2D eigenvalue weighted by molar-refractivity contribution is 7.98. The van der Waals surface area contributed by atoms with Gasteiger partial charge in [0, 0.05) is 11.7 Å². The number of amides is 1. The van der Waals surface area contributed by atoms with Crippen molar-refractivity contribution < 1.29 is 22.7 Å². The molecule has 9 heteroatoms. The van der Waals surface area contributed by atoms with Crippen molar-refractivity contribution >= 4 is 39.3 Å². The van der Waals surface area contributed by atoms with E-state index in [1.54, 1.807) is 23.1 Å². The summed E-state index contributed by atoms with van der Waals surface area (Å²) in [7, 11) is -3.90. The number of anilines is 1. The zero-order valence-corrected chi connectivity index (χ0v) is 19.8. The number of hydrogen-bond donors (Lipinski definition) is 1. The van der Waals surface area contributed by atoms with Crippen molar-refractivity contribution in [1.82, 2.24) is 4.72 Å². The molecular weight excluding hydrogens is 448 g/mol. The van der Waals surface area contributed by atoms with Crippen LogP contribution in [0.5, 0.6) is 0 Å². The minimum absolute atomic E-state index is 0.0139. The Labute approximate surface area is 193 Å². The minimum atomic E-state index is -3.90. The zero-order valence-electron chi connectivity index (χ0n) is 18.2. The first kappa shape index (κ1) is 24.3. The van der Waals surface area contributed by atoms with Crippen LogP contribution in [0.2, 0.25) is 0 Å². The second-order valence-electron chi connectivity index (χ2n) is 7.66. The van der Waals surface area contributed by atoms with Crippen LogP contribution in [-0.4, -0.2) is 51.0 Å². The zero-order chi connectivity index (χ0) is 23.1. The average molecular weight is 477 g/mol. The number of ether oxygens (including phenoxy) is 1. The van der Waals surface area contributed by atoms with E-state index in [0.29, 0.717) is 5.75 Å². The van der Waals surface area contributed by atoms with Crippen LogP contribution in [-0.2, 0) is 30.8 Å². The van der Waals surface area contributed by atoms with Crippen molar-refractivity contribution in [3.63, 3.8) is 0 Å². The molecule has 0 fully saturated rings. The molecule has 0 aromatic heterocycles. The minimum Gasteiger partial charge on any atom is -0.454 e. The Bertz CT molecular complexity index is 1040. The number of nitrogens with one attached hydrogen (secondary N) is 1. The SMILES string of the molecule is CSCCC(NS(=O)(=O)c1ccccc1)C(=O)OCC(=O)N1c2ccccc2CCC1C.